The van der Waals surface area contributed by atoms with Gasteiger partial charge in [0.15, 0.2) is 0 Å². The molecule has 1 aromatic carbocycles. The number of hydrogen-bond donors (Lipinski definition) is 1. The van der Waals surface area contributed by atoms with Crippen LogP contribution in [-0.2, 0) is 14.9 Å². The SMILES string of the molecule is Cc1cc(C2COC(=O)N2)ccc1OS(=O)(=O)C(F)(F)F. The van der Waals surface area contributed by atoms with Crippen molar-refractivity contribution in [3.05, 3.63) is 29.3 Å². The van der Waals surface area contributed by atoms with Crippen LogP contribution in [0.4, 0.5) is 18.0 Å². The van der Waals surface area contributed by atoms with Crippen LogP contribution in [0.5, 0.6) is 5.75 Å². The monoisotopic (exact) mass is 325 g/mol. The molecule has 1 aromatic rings. The van der Waals surface area contributed by atoms with Crippen LogP contribution in [-0.4, -0.2) is 26.6 Å². The van der Waals surface area contributed by atoms with E-state index in [1.54, 1.807) is 0 Å². The van der Waals surface area contributed by atoms with E-state index in [4.69, 9.17) is 0 Å². The fourth-order valence-electron chi connectivity index (χ4n) is 1.71. The lowest BCUT2D eigenvalue weighted by molar-refractivity contribution is -0.0500. The highest BCUT2D eigenvalue weighted by molar-refractivity contribution is 7.88. The summed E-state index contributed by atoms with van der Waals surface area (Å²) in [5.74, 6) is -0.429. The van der Waals surface area contributed by atoms with Gasteiger partial charge in [-0.3, -0.25) is 0 Å². The lowest BCUT2D eigenvalue weighted by atomic mass is 10.1. The summed E-state index contributed by atoms with van der Waals surface area (Å²) in [6.07, 6.45) is -0.599. The second-order valence-corrected chi connectivity index (χ2v) is 5.84. The predicted molar refractivity (Wildman–Crippen MR) is 64.0 cm³/mol. The molecular weight excluding hydrogens is 315 g/mol. The average molecular weight is 325 g/mol. The van der Waals surface area contributed by atoms with Crippen LogP contribution < -0.4 is 9.50 Å². The minimum absolute atomic E-state index is 0.0827. The summed E-state index contributed by atoms with van der Waals surface area (Å²) < 4.78 is 67.3. The second kappa shape index (κ2) is 5.10. The number of carbonyl (C=O) groups is 1. The molecular formula is C11H10F3NO5S. The third kappa shape index (κ3) is 3.20. The number of nitrogens with one attached hydrogen (secondary N) is 1. The van der Waals surface area contributed by atoms with Gasteiger partial charge >= 0.3 is 21.7 Å². The van der Waals surface area contributed by atoms with E-state index in [0.717, 1.165) is 6.07 Å². The molecule has 1 amide bonds. The first kappa shape index (κ1) is 15.4. The van der Waals surface area contributed by atoms with Crippen molar-refractivity contribution in [2.24, 2.45) is 0 Å². The Kier molecular flexibility index (Phi) is 3.74. The number of cyclic esters (lactones) is 1. The number of benzene rings is 1. The average Bonchev–Trinajstić information content (AvgIpc) is 2.77. The maximum atomic E-state index is 12.2. The first-order valence-corrected chi connectivity index (χ1v) is 7.05. The van der Waals surface area contributed by atoms with Gasteiger partial charge in [0.05, 0.1) is 6.04 Å². The van der Waals surface area contributed by atoms with E-state index in [2.05, 4.69) is 14.2 Å². The number of ether oxygens (including phenoxy) is 1. The van der Waals surface area contributed by atoms with Gasteiger partial charge < -0.3 is 14.2 Å². The van der Waals surface area contributed by atoms with E-state index in [1.807, 2.05) is 0 Å². The Balaban J connectivity index is 2.23. The van der Waals surface area contributed by atoms with Gasteiger partial charge in [0.1, 0.15) is 12.4 Å². The molecule has 1 fully saturated rings. The summed E-state index contributed by atoms with van der Waals surface area (Å²) in [4.78, 5) is 10.9. The molecule has 21 heavy (non-hydrogen) atoms. The first-order chi connectivity index (χ1) is 9.60. The fraction of sp³-hybridized carbons (Fsp3) is 0.364. The van der Waals surface area contributed by atoms with Gasteiger partial charge in [-0.1, -0.05) is 12.1 Å². The highest BCUT2D eigenvalue weighted by atomic mass is 32.2. The normalized spacial score (nSPS) is 19.0. The molecule has 10 heteroatoms. The van der Waals surface area contributed by atoms with E-state index >= 15 is 0 Å². The number of rotatable bonds is 3. The highest BCUT2D eigenvalue weighted by Gasteiger charge is 2.48. The summed E-state index contributed by atoms with van der Waals surface area (Å²) in [6.45, 7) is 1.47. The van der Waals surface area contributed by atoms with Crippen molar-refractivity contribution >= 4 is 16.2 Å². The van der Waals surface area contributed by atoms with E-state index < -0.39 is 33.5 Å². The number of halogens is 3. The lowest BCUT2D eigenvalue weighted by Gasteiger charge is -2.13. The number of alkyl halides is 3. The van der Waals surface area contributed by atoms with Crippen LogP contribution in [0.15, 0.2) is 18.2 Å². The van der Waals surface area contributed by atoms with Gasteiger partial charge in [-0.05, 0) is 24.1 Å². The van der Waals surface area contributed by atoms with Gasteiger partial charge in [-0.25, -0.2) is 4.79 Å². The molecule has 116 valence electrons. The van der Waals surface area contributed by atoms with E-state index in [1.165, 1.54) is 19.1 Å². The maximum absolute atomic E-state index is 12.2. The minimum atomic E-state index is -5.71. The molecule has 0 aliphatic carbocycles. The van der Waals surface area contributed by atoms with E-state index in [9.17, 15) is 26.4 Å². The Hall–Kier alpha value is -1.97. The summed E-state index contributed by atoms with van der Waals surface area (Å²) in [5, 5.41) is 2.49. The summed E-state index contributed by atoms with van der Waals surface area (Å²) in [5.41, 5.74) is -4.75. The van der Waals surface area contributed by atoms with E-state index in [-0.39, 0.29) is 12.2 Å². The van der Waals surface area contributed by atoms with Gasteiger partial charge in [-0.15, -0.1) is 0 Å². The summed E-state index contributed by atoms with van der Waals surface area (Å²) in [7, 11) is -5.71. The molecule has 1 unspecified atom stereocenters. The maximum Gasteiger partial charge on any atom is 0.534 e. The number of aryl methyl sites for hydroxylation is 1. The van der Waals surface area contributed by atoms with Crippen molar-refractivity contribution in [1.82, 2.24) is 5.32 Å². The van der Waals surface area contributed by atoms with Gasteiger partial charge in [0, 0.05) is 0 Å². The Bertz CT molecular complexity index is 671. The van der Waals surface area contributed by atoms with Crippen LogP contribution in [0.1, 0.15) is 17.2 Å². The zero-order valence-electron chi connectivity index (χ0n) is 10.6. The van der Waals surface area contributed by atoms with Crippen molar-refractivity contribution in [1.29, 1.82) is 0 Å². The molecule has 0 saturated carbocycles. The Morgan fingerprint density at radius 3 is 2.52 bits per heavy atom. The second-order valence-electron chi connectivity index (χ2n) is 4.30. The Labute approximate surface area is 118 Å². The number of alkyl carbamates (subject to hydrolysis) is 1. The van der Waals surface area contributed by atoms with Crippen LogP contribution in [0.25, 0.3) is 0 Å². The van der Waals surface area contributed by atoms with Crippen molar-refractivity contribution < 1.29 is 35.3 Å². The smallest absolute Gasteiger partial charge is 0.447 e. The Morgan fingerprint density at radius 2 is 2.05 bits per heavy atom. The molecule has 6 nitrogen and oxygen atoms in total. The van der Waals surface area contributed by atoms with Crippen molar-refractivity contribution in [2.75, 3.05) is 6.61 Å². The summed E-state index contributed by atoms with van der Waals surface area (Å²) >= 11 is 0. The molecule has 0 bridgehead atoms. The van der Waals surface area contributed by atoms with Crippen molar-refractivity contribution in [3.63, 3.8) is 0 Å². The molecule has 1 heterocycles. The van der Waals surface area contributed by atoms with Crippen LogP contribution in [0.3, 0.4) is 0 Å². The van der Waals surface area contributed by atoms with Gasteiger partial charge in [0.2, 0.25) is 0 Å². The lowest BCUT2D eigenvalue weighted by Crippen LogP contribution is -2.28. The van der Waals surface area contributed by atoms with Crippen molar-refractivity contribution in [3.8, 4) is 5.75 Å². The van der Waals surface area contributed by atoms with Crippen molar-refractivity contribution in [2.45, 2.75) is 18.5 Å². The molecule has 2 rings (SSSR count). The molecule has 0 aromatic heterocycles. The zero-order chi connectivity index (χ0) is 15.8. The topological polar surface area (TPSA) is 81.7 Å². The zero-order valence-corrected chi connectivity index (χ0v) is 11.4. The molecule has 0 radical (unpaired) electrons. The van der Waals surface area contributed by atoms with Gasteiger partial charge in [-0.2, -0.15) is 21.6 Å². The molecule has 1 N–H and O–H groups in total. The fourth-order valence-corrected chi connectivity index (χ4v) is 2.23. The third-order valence-electron chi connectivity index (χ3n) is 2.76. The van der Waals surface area contributed by atoms with Crippen LogP contribution in [0, 0.1) is 6.92 Å². The highest BCUT2D eigenvalue weighted by Crippen LogP contribution is 2.30. The predicted octanol–water partition coefficient (Wildman–Crippen LogP) is 2.00. The summed E-state index contributed by atoms with van der Waals surface area (Å²) in [6, 6.07) is 3.43. The van der Waals surface area contributed by atoms with Gasteiger partial charge in [0.25, 0.3) is 0 Å². The number of hydrogen-bond acceptors (Lipinski definition) is 5. The quantitative estimate of drug-likeness (QED) is 0.679. The molecule has 1 aliphatic rings. The minimum Gasteiger partial charge on any atom is -0.447 e. The molecule has 1 saturated heterocycles. The van der Waals surface area contributed by atoms with Crippen LogP contribution in [0.2, 0.25) is 0 Å². The first-order valence-electron chi connectivity index (χ1n) is 5.65. The largest absolute Gasteiger partial charge is 0.534 e. The molecule has 0 spiro atoms. The standard InChI is InChI=1S/C11H10F3NO5S/c1-6-4-7(8-5-19-10(16)15-8)2-3-9(6)20-21(17,18)11(12,13)14/h2-4,8H,5H2,1H3,(H,15,16). The third-order valence-corrected chi connectivity index (χ3v) is 3.72. The van der Waals surface area contributed by atoms with E-state index in [0.29, 0.717) is 5.56 Å². The molecule has 1 atom stereocenters. The van der Waals surface area contributed by atoms with Crippen LogP contribution >= 0.6 is 0 Å². The number of carbonyl (C=O) groups excluding carboxylic acids is 1. The number of amides is 1. The Morgan fingerprint density at radius 1 is 1.38 bits per heavy atom. The molecule has 1 aliphatic heterocycles.